The number of nitrogens with one attached hydrogen (secondary N) is 1. The highest BCUT2D eigenvalue weighted by atomic mass is 19.3. The third-order valence-electron chi connectivity index (χ3n) is 2.93. The molecule has 1 amide bonds. The second-order valence-electron chi connectivity index (χ2n) is 4.60. The third-order valence-corrected chi connectivity index (χ3v) is 2.93. The molecule has 1 aliphatic carbocycles. The topological polar surface area (TPSA) is 49.3 Å². The van der Waals surface area contributed by atoms with Crippen LogP contribution in [0.4, 0.5) is 8.78 Å². The summed E-state index contributed by atoms with van der Waals surface area (Å²) in [6, 6.07) is -0.365. The molecule has 0 radical (unpaired) electrons. The fraction of sp³-hybridized carbons (Fsp3) is 0.900. The molecule has 1 aliphatic rings. The summed E-state index contributed by atoms with van der Waals surface area (Å²) in [4.78, 5) is 11.5. The van der Waals surface area contributed by atoms with E-state index in [1.165, 1.54) is 13.8 Å². The van der Waals surface area contributed by atoms with Crippen molar-refractivity contribution in [3.8, 4) is 0 Å². The number of aliphatic hydroxyl groups is 1. The number of halogens is 2. The van der Waals surface area contributed by atoms with Gasteiger partial charge in [0, 0.05) is 0 Å². The molecule has 0 heterocycles. The van der Waals surface area contributed by atoms with Gasteiger partial charge in [-0.15, -0.1) is 0 Å². The normalized spacial score (nSPS) is 27.1. The van der Waals surface area contributed by atoms with Crippen LogP contribution in [-0.2, 0) is 4.79 Å². The maximum absolute atomic E-state index is 12.5. The summed E-state index contributed by atoms with van der Waals surface area (Å²) in [6.45, 7) is 2.41. The van der Waals surface area contributed by atoms with Crippen LogP contribution in [0.2, 0.25) is 0 Å². The zero-order valence-corrected chi connectivity index (χ0v) is 8.96. The van der Waals surface area contributed by atoms with Crippen LogP contribution < -0.4 is 5.32 Å². The van der Waals surface area contributed by atoms with Gasteiger partial charge in [0.2, 0.25) is 5.91 Å². The standard InChI is InChI=1S/C10H17F2NO2/c1-10(2,8(11)12)9(15)13-6-4-3-5-7(6)14/h6-8,14H,3-5H2,1-2H3,(H,13,15)/t6-,7-/m1/s1. The molecule has 5 heteroatoms. The molecule has 1 saturated carbocycles. The van der Waals surface area contributed by atoms with Gasteiger partial charge in [-0.3, -0.25) is 4.79 Å². The second kappa shape index (κ2) is 4.43. The van der Waals surface area contributed by atoms with Gasteiger partial charge in [0.25, 0.3) is 6.43 Å². The van der Waals surface area contributed by atoms with E-state index < -0.39 is 23.9 Å². The van der Waals surface area contributed by atoms with E-state index in [2.05, 4.69) is 5.32 Å². The van der Waals surface area contributed by atoms with E-state index in [9.17, 15) is 18.7 Å². The van der Waals surface area contributed by atoms with Gasteiger partial charge in [0.05, 0.1) is 12.1 Å². The van der Waals surface area contributed by atoms with Crippen molar-refractivity contribution in [2.24, 2.45) is 5.41 Å². The number of hydrogen-bond donors (Lipinski definition) is 2. The molecule has 3 nitrogen and oxygen atoms in total. The number of alkyl halides is 2. The van der Waals surface area contributed by atoms with Gasteiger partial charge in [-0.1, -0.05) is 0 Å². The van der Waals surface area contributed by atoms with E-state index in [0.29, 0.717) is 12.8 Å². The number of carbonyl (C=O) groups excluding carboxylic acids is 1. The summed E-state index contributed by atoms with van der Waals surface area (Å²) in [5.74, 6) is -0.691. The first-order valence-corrected chi connectivity index (χ1v) is 5.13. The van der Waals surface area contributed by atoms with Crippen LogP contribution in [0.1, 0.15) is 33.1 Å². The molecule has 2 atom stereocenters. The zero-order valence-electron chi connectivity index (χ0n) is 8.96. The van der Waals surface area contributed by atoms with Crippen LogP contribution in [0.5, 0.6) is 0 Å². The molecule has 0 aromatic rings. The Bertz CT molecular complexity index is 244. The highest BCUT2D eigenvalue weighted by molar-refractivity contribution is 5.82. The van der Waals surface area contributed by atoms with Gasteiger partial charge in [0.15, 0.2) is 0 Å². The number of hydrogen-bond acceptors (Lipinski definition) is 2. The second-order valence-corrected chi connectivity index (χ2v) is 4.60. The number of carbonyl (C=O) groups is 1. The Morgan fingerprint density at radius 1 is 1.47 bits per heavy atom. The van der Waals surface area contributed by atoms with Crippen molar-refractivity contribution in [1.29, 1.82) is 0 Å². The summed E-state index contributed by atoms with van der Waals surface area (Å²) < 4.78 is 25.0. The van der Waals surface area contributed by atoms with Crippen molar-refractivity contribution in [2.45, 2.75) is 51.7 Å². The Labute approximate surface area is 87.9 Å². The van der Waals surface area contributed by atoms with Crippen LogP contribution in [0.3, 0.4) is 0 Å². The Hall–Kier alpha value is -0.710. The molecule has 88 valence electrons. The molecular weight excluding hydrogens is 204 g/mol. The summed E-state index contributed by atoms with van der Waals surface area (Å²) in [6.07, 6.45) is -1.19. The zero-order chi connectivity index (χ0) is 11.6. The van der Waals surface area contributed by atoms with Crippen LogP contribution in [0.25, 0.3) is 0 Å². The monoisotopic (exact) mass is 221 g/mol. The van der Waals surface area contributed by atoms with E-state index in [1.807, 2.05) is 0 Å². The average molecular weight is 221 g/mol. The van der Waals surface area contributed by atoms with E-state index >= 15 is 0 Å². The molecule has 0 bridgehead atoms. The largest absolute Gasteiger partial charge is 0.391 e. The van der Waals surface area contributed by atoms with Crippen LogP contribution >= 0.6 is 0 Å². The van der Waals surface area contributed by atoms with Crippen molar-refractivity contribution in [3.63, 3.8) is 0 Å². The number of amides is 1. The minimum absolute atomic E-state index is 0.365. The van der Waals surface area contributed by atoms with Crippen molar-refractivity contribution in [3.05, 3.63) is 0 Å². The Kier molecular flexibility index (Phi) is 3.65. The molecular formula is C10H17F2NO2. The quantitative estimate of drug-likeness (QED) is 0.754. The number of rotatable bonds is 3. The highest BCUT2D eigenvalue weighted by Crippen LogP contribution is 2.26. The highest BCUT2D eigenvalue weighted by Gasteiger charge is 2.39. The predicted molar refractivity (Wildman–Crippen MR) is 51.6 cm³/mol. The molecule has 2 N–H and O–H groups in total. The first-order valence-electron chi connectivity index (χ1n) is 5.13. The molecule has 1 rings (SSSR count). The maximum atomic E-state index is 12.5. The Morgan fingerprint density at radius 3 is 2.47 bits per heavy atom. The lowest BCUT2D eigenvalue weighted by Gasteiger charge is -2.26. The molecule has 1 fully saturated rings. The maximum Gasteiger partial charge on any atom is 0.252 e. The lowest BCUT2D eigenvalue weighted by Crippen LogP contribution is -2.48. The SMILES string of the molecule is CC(C)(C(=O)N[C@@H]1CCC[C@H]1O)C(F)F. The van der Waals surface area contributed by atoms with Crippen molar-refractivity contribution in [1.82, 2.24) is 5.32 Å². The Balaban J connectivity index is 2.55. The molecule has 15 heavy (non-hydrogen) atoms. The van der Waals surface area contributed by atoms with E-state index in [0.717, 1.165) is 6.42 Å². The molecule has 0 aromatic carbocycles. The first-order chi connectivity index (χ1) is 6.85. The van der Waals surface area contributed by atoms with E-state index in [4.69, 9.17) is 0 Å². The number of aliphatic hydroxyl groups excluding tert-OH is 1. The van der Waals surface area contributed by atoms with Crippen LogP contribution in [-0.4, -0.2) is 29.6 Å². The predicted octanol–water partition coefficient (Wildman–Crippen LogP) is 1.31. The van der Waals surface area contributed by atoms with Crippen molar-refractivity contribution < 1.29 is 18.7 Å². The van der Waals surface area contributed by atoms with Gasteiger partial charge >= 0.3 is 0 Å². The van der Waals surface area contributed by atoms with Gasteiger partial charge < -0.3 is 10.4 Å². The molecule has 0 spiro atoms. The minimum atomic E-state index is -2.70. The lowest BCUT2D eigenvalue weighted by atomic mass is 9.92. The van der Waals surface area contributed by atoms with Gasteiger partial charge in [-0.2, -0.15) is 0 Å². The molecule has 0 unspecified atom stereocenters. The van der Waals surface area contributed by atoms with E-state index in [1.54, 1.807) is 0 Å². The lowest BCUT2D eigenvalue weighted by molar-refractivity contribution is -0.138. The first kappa shape index (κ1) is 12.4. The van der Waals surface area contributed by atoms with Crippen LogP contribution in [0.15, 0.2) is 0 Å². The van der Waals surface area contributed by atoms with Crippen LogP contribution in [0, 0.1) is 5.41 Å². The van der Waals surface area contributed by atoms with Gasteiger partial charge in [-0.05, 0) is 33.1 Å². The molecule has 0 saturated heterocycles. The third kappa shape index (κ3) is 2.65. The van der Waals surface area contributed by atoms with Gasteiger partial charge in [0.1, 0.15) is 5.41 Å². The smallest absolute Gasteiger partial charge is 0.252 e. The molecule has 0 aromatic heterocycles. The minimum Gasteiger partial charge on any atom is -0.391 e. The summed E-state index contributed by atoms with van der Waals surface area (Å²) in [5, 5.41) is 11.9. The van der Waals surface area contributed by atoms with Crippen molar-refractivity contribution in [2.75, 3.05) is 0 Å². The van der Waals surface area contributed by atoms with Gasteiger partial charge in [-0.25, -0.2) is 8.78 Å². The molecule has 0 aliphatic heterocycles. The fourth-order valence-corrected chi connectivity index (χ4v) is 1.56. The van der Waals surface area contributed by atoms with E-state index in [-0.39, 0.29) is 6.04 Å². The summed E-state index contributed by atoms with van der Waals surface area (Å²) >= 11 is 0. The average Bonchev–Trinajstić information content (AvgIpc) is 2.51. The summed E-state index contributed by atoms with van der Waals surface area (Å²) in [7, 11) is 0. The fourth-order valence-electron chi connectivity index (χ4n) is 1.56. The Morgan fingerprint density at radius 2 is 2.07 bits per heavy atom. The summed E-state index contributed by atoms with van der Waals surface area (Å²) in [5.41, 5.74) is -1.69. The van der Waals surface area contributed by atoms with Crippen molar-refractivity contribution >= 4 is 5.91 Å².